The number of hydrogen-bond acceptors (Lipinski definition) is 5. The molecule has 1 unspecified atom stereocenters. The van der Waals surface area contributed by atoms with Crippen molar-refractivity contribution in [2.24, 2.45) is 0 Å². The minimum absolute atomic E-state index is 0.0640. The van der Waals surface area contributed by atoms with Gasteiger partial charge in [0.05, 0.1) is 5.51 Å². The van der Waals surface area contributed by atoms with Gasteiger partial charge in [-0.05, 0) is 29.3 Å². The second-order valence-corrected chi connectivity index (χ2v) is 6.43. The lowest BCUT2D eigenvalue weighted by atomic mass is 10.1. The van der Waals surface area contributed by atoms with Gasteiger partial charge in [-0.2, -0.15) is 11.3 Å². The van der Waals surface area contributed by atoms with Gasteiger partial charge in [0.25, 0.3) is 5.91 Å². The average Bonchev–Trinajstić information content (AvgIpc) is 3.18. The van der Waals surface area contributed by atoms with Crippen LogP contribution in [0.4, 0.5) is 0 Å². The standard InChI is InChI=1S/C14H17N3OS2/c1-11(12-2-7-19-8-12)16-3-5-17(6-4-16)14(18)13-9-20-10-15-13/h2,7-11H,3-6H2,1H3. The van der Waals surface area contributed by atoms with Crippen LogP contribution in [-0.4, -0.2) is 46.9 Å². The lowest BCUT2D eigenvalue weighted by Crippen LogP contribution is -2.49. The fourth-order valence-electron chi connectivity index (χ4n) is 2.52. The molecule has 0 N–H and O–H groups in total. The van der Waals surface area contributed by atoms with Crippen molar-refractivity contribution in [2.75, 3.05) is 26.2 Å². The van der Waals surface area contributed by atoms with E-state index in [2.05, 4.69) is 33.6 Å². The summed E-state index contributed by atoms with van der Waals surface area (Å²) in [4.78, 5) is 20.7. The maximum Gasteiger partial charge on any atom is 0.273 e. The molecular formula is C14H17N3OS2. The van der Waals surface area contributed by atoms with Crippen molar-refractivity contribution in [3.05, 3.63) is 39.0 Å². The molecule has 0 aliphatic carbocycles. The summed E-state index contributed by atoms with van der Waals surface area (Å²) >= 11 is 3.21. The molecule has 1 saturated heterocycles. The van der Waals surface area contributed by atoms with Crippen molar-refractivity contribution in [1.82, 2.24) is 14.8 Å². The Labute approximate surface area is 126 Å². The van der Waals surface area contributed by atoms with Crippen LogP contribution in [0.25, 0.3) is 0 Å². The highest BCUT2D eigenvalue weighted by molar-refractivity contribution is 7.08. The molecule has 6 heteroatoms. The predicted molar refractivity (Wildman–Crippen MR) is 82.3 cm³/mol. The van der Waals surface area contributed by atoms with Crippen molar-refractivity contribution in [3.63, 3.8) is 0 Å². The Hall–Kier alpha value is -1.24. The van der Waals surface area contributed by atoms with Crippen LogP contribution in [0, 0.1) is 0 Å². The average molecular weight is 307 g/mol. The van der Waals surface area contributed by atoms with E-state index in [0.29, 0.717) is 11.7 Å². The Kier molecular flexibility index (Phi) is 4.14. The van der Waals surface area contributed by atoms with Crippen LogP contribution >= 0.6 is 22.7 Å². The summed E-state index contributed by atoms with van der Waals surface area (Å²) in [7, 11) is 0. The Morgan fingerprint density at radius 2 is 2.05 bits per heavy atom. The van der Waals surface area contributed by atoms with E-state index in [-0.39, 0.29) is 5.91 Å². The highest BCUT2D eigenvalue weighted by Gasteiger charge is 2.26. The maximum atomic E-state index is 12.2. The number of nitrogens with zero attached hydrogens (tertiary/aromatic N) is 3. The van der Waals surface area contributed by atoms with Gasteiger partial charge in [-0.3, -0.25) is 9.69 Å². The van der Waals surface area contributed by atoms with Gasteiger partial charge in [0.1, 0.15) is 5.69 Å². The van der Waals surface area contributed by atoms with Crippen LogP contribution in [0.1, 0.15) is 29.0 Å². The summed E-state index contributed by atoms with van der Waals surface area (Å²) in [6, 6.07) is 2.61. The summed E-state index contributed by atoms with van der Waals surface area (Å²) in [6.07, 6.45) is 0. The van der Waals surface area contributed by atoms with E-state index in [1.165, 1.54) is 16.9 Å². The zero-order chi connectivity index (χ0) is 13.9. The molecule has 2 aromatic heterocycles. The van der Waals surface area contributed by atoms with Crippen molar-refractivity contribution >= 4 is 28.6 Å². The fraction of sp³-hybridized carbons (Fsp3) is 0.429. The minimum atomic E-state index is 0.0640. The van der Waals surface area contributed by atoms with Gasteiger partial charge >= 0.3 is 0 Å². The molecule has 20 heavy (non-hydrogen) atoms. The van der Waals surface area contributed by atoms with E-state index in [1.54, 1.807) is 16.8 Å². The second-order valence-electron chi connectivity index (χ2n) is 4.93. The first-order chi connectivity index (χ1) is 9.75. The highest BCUT2D eigenvalue weighted by atomic mass is 32.1. The van der Waals surface area contributed by atoms with Gasteiger partial charge < -0.3 is 4.90 Å². The number of hydrogen-bond donors (Lipinski definition) is 0. The molecule has 1 fully saturated rings. The van der Waals surface area contributed by atoms with Crippen molar-refractivity contribution in [2.45, 2.75) is 13.0 Å². The highest BCUT2D eigenvalue weighted by Crippen LogP contribution is 2.23. The molecule has 0 aromatic carbocycles. The van der Waals surface area contributed by atoms with Gasteiger partial charge in [-0.1, -0.05) is 0 Å². The largest absolute Gasteiger partial charge is 0.335 e. The number of carbonyl (C=O) groups is 1. The number of carbonyl (C=O) groups excluding carboxylic acids is 1. The van der Waals surface area contributed by atoms with E-state index >= 15 is 0 Å². The SMILES string of the molecule is CC(c1ccsc1)N1CCN(C(=O)c2cscn2)CC1. The number of aromatic nitrogens is 1. The molecule has 106 valence electrons. The van der Waals surface area contributed by atoms with Crippen LogP contribution < -0.4 is 0 Å². The third kappa shape index (κ3) is 2.77. The van der Waals surface area contributed by atoms with Gasteiger partial charge in [-0.15, -0.1) is 11.3 Å². The first-order valence-corrected chi connectivity index (χ1v) is 8.58. The molecule has 0 spiro atoms. The number of rotatable bonds is 3. The van der Waals surface area contributed by atoms with Gasteiger partial charge in [-0.25, -0.2) is 4.98 Å². The van der Waals surface area contributed by atoms with Crippen molar-refractivity contribution in [1.29, 1.82) is 0 Å². The molecule has 1 atom stereocenters. The van der Waals surface area contributed by atoms with E-state index in [1.807, 2.05) is 10.3 Å². The molecule has 2 aromatic rings. The summed E-state index contributed by atoms with van der Waals surface area (Å²) in [5.74, 6) is 0.0640. The molecule has 3 heterocycles. The van der Waals surface area contributed by atoms with Crippen molar-refractivity contribution in [3.8, 4) is 0 Å². The maximum absolute atomic E-state index is 12.2. The zero-order valence-electron chi connectivity index (χ0n) is 11.4. The predicted octanol–water partition coefficient (Wildman–Crippen LogP) is 2.72. The summed E-state index contributed by atoms with van der Waals surface area (Å²) in [5.41, 5.74) is 3.66. The number of thiophene rings is 1. The molecule has 1 amide bonds. The molecule has 1 aliphatic heterocycles. The smallest absolute Gasteiger partial charge is 0.273 e. The molecular weight excluding hydrogens is 290 g/mol. The minimum Gasteiger partial charge on any atom is -0.335 e. The number of amides is 1. The topological polar surface area (TPSA) is 36.4 Å². The lowest BCUT2D eigenvalue weighted by Gasteiger charge is -2.37. The second kappa shape index (κ2) is 6.03. The fourth-order valence-corrected chi connectivity index (χ4v) is 3.79. The summed E-state index contributed by atoms with van der Waals surface area (Å²) in [6.45, 7) is 5.65. The molecule has 0 radical (unpaired) electrons. The first-order valence-electron chi connectivity index (χ1n) is 6.69. The molecule has 4 nitrogen and oxygen atoms in total. The van der Waals surface area contributed by atoms with E-state index in [4.69, 9.17) is 0 Å². The molecule has 0 bridgehead atoms. The third-order valence-corrected chi connectivity index (χ3v) is 5.11. The Balaban J connectivity index is 1.58. The van der Waals surface area contributed by atoms with Crippen LogP contribution in [0.3, 0.4) is 0 Å². The Morgan fingerprint density at radius 3 is 2.65 bits per heavy atom. The number of piperazine rings is 1. The van der Waals surface area contributed by atoms with Gasteiger partial charge in [0.2, 0.25) is 0 Å². The van der Waals surface area contributed by atoms with Gasteiger partial charge in [0, 0.05) is 37.6 Å². The van der Waals surface area contributed by atoms with E-state index < -0.39 is 0 Å². The molecule has 0 saturated carbocycles. The Bertz CT molecular complexity index is 545. The van der Waals surface area contributed by atoms with Crippen LogP contribution in [0.5, 0.6) is 0 Å². The Morgan fingerprint density at radius 1 is 1.25 bits per heavy atom. The zero-order valence-corrected chi connectivity index (χ0v) is 13.0. The van der Waals surface area contributed by atoms with Crippen LogP contribution in [0.2, 0.25) is 0 Å². The van der Waals surface area contributed by atoms with E-state index in [9.17, 15) is 4.79 Å². The van der Waals surface area contributed by atoms with Crippen LogP contribution in [-0.2, 0) is 0 Å². The number of thiazole rings is 1. The first kappa shape index (κ1) is 13.7. The summed E-state index contributed by atoms with van der Waals surface area (Å²) in [5, 5.41) is 6.15. The van der Waals surface area contributed by atoms with Crippen molar-refractivity contribution < 1.29 is 4.79 Å². The normalized spacial score (nSPS) is 18.1. The van der Waals surface area contributed by atoms with E-state index in [0.717, 1.165) is 26.2 Å². The summed E-state index contributed by atoms with van der Waals surface area (Å²) < 4.78 is 0. The monoisotopic (exact) mass is 307 g/mol. The lowest BCUT2D eigenvalue weighted by molar-refractivity contribution is 0.0578. The molecule has 3 rings (SSSR count). The van der Waals surface area contributed by atoms with Gasteiger partial charge in [0.15, 0.2) is 0 Å². The quantitative estimate of drug-likeness (QED) is 0.875. The third-order valence-electron chi connectivity index (χ3n) is 3.83. The molecule has 1 aliphatic rings. The van der Waals surface area contributed by atoms with Crippen LogP contribution in [0.15, 0.2) is 27.7 Å².